The lowest BCUT2D eigenvalue weighted by molar-refractivity contribution is 0.282. The van der Waals surface area contributed by atoms with Gasteiger partial charge in [-0.2, -0.15) is 0 Å². The highest BCUT2D eigenvalue weighted by Crippen LogP contribution is 2.27. The Morgan fingerprint density at radius 3 is 3.00 bits per heavy atom. The van der Waals surface area contributed by atoms with Crippen molar-refractivity contribution in [2.24, 2.45) is 0 Å². The molecular weight excluding hydrogens is 188 g/mol. The zero-order chi connectivity index (χ0) is 9.26. The van der Waals surface area contributed by atoms with Gasteiger partial charge in [-0.1, -0.05) is 11.6 Å². The van der Waals surface area contributed by atoms with Gasteiger partial charge in [0.15, 0.2) is 0 Å². The Morgan fingerprint density at radius 1 is 1.62 bits per heavy atom. The van der Waals surface area contributed by atoms with Crippen molar-refractivity contribution in [3.63, 3.8) is 0 Å². The molecule has 13 heavy (non-hydrogen) atoms. The van der Waals surface area contributed by atoms with Gasteiger partial charge in [0.05, 0.1) is 6.61 Å². The van der Waals surface area contributed by atoms with E-state index >= 15 is 0 Å². The molecule has 0 spiro atoms. The van der Waals surface area contributed by atoms with E-state index in [1.807, 2.05) is 0 Å². The lowest BCUT2D eigenvalue weighted by Crippen LogP contribution is -2.04. The van der Waals surface area contributed by atoms with Crippen LogP contribution in [0.5, 0.6) is 0 Å². The Kier molecular flexibility index (Phi) is 2.38. The molecule has 1 aromatic heterocycles. The molecular formula is C9H11ClN2O. The third-order valence-electron chi connectivity index (χ3n) is 2.06. The van der Waals surface area contributed by atoms with Crippen LogP contribution in [-0.4, -0.2) is 16.1 Å². The van der Waals surface area contributed by atoms with Crippen LogP contribution >= 0.6 is 11.6 Å². The molecule has 2 rings (SSSR count). The Morgan fingerprint density at radius 2 is 2.38 bits per heavy atom. The van der Waals surface area contributed by atoms with Gasteiger partial charge in [-0.3, -0.25) is 0 Å². The fraction of sp³-hybridized carbons (Fsp3) is 0.444. The van der Waals surface area contributed by atoms with Gasteiger partial charge in [0, 0.05) is 23.5 Å². The lowest BCUT2D eigenvalue weighted by Gasteiger charge is -2.08. The molecule has 4 heteroatoms. The van der Waals surface area contributed by atoms with Gasteiger partial charge in [0.1, 0.15) is 5.15 Å². The monoisotopic (exact) mass is 198 g/mol. The van der Waals surface area contributed by atoms with Crippen LogP contribution in [0.25, 0.3) is 0 Å². The second kappa shape index (κ2) is 3.52. The first-order valence-corrected chi connectivity index (χ1v) is 4.69. The van der Waals surface area contributed by atoms with Crippen LogP contribution in [0.15, 0.2) is 12.3 Å². The average molecular weight is 199 g/mol. The number of hydrogen-bond donors (Lipinski definition) is 2. The standard InChI is InChI=1S/C9H11ClN2O/c10-9-3-8(12-7-1-2-7)6(5-13)4-11-9/h3-4,7,13H,1-2,5H2,(H,11,12). The third kappa shape index (κ3) is 2.11. The molecule has 0 atom stereocenters. The summed E-state index contributed by atoms with van der Waals surface area (Å²) in [6, 6.07) is 2.31. The van der Waals surface area contributed by atoms with Gasteiger partial charge < -0.3 is 10.4 Å². The number of aliphatic hydroxyl groups excluding tert-OH is 1. The summed E-state index contributed by atoms with van der Waals surface area (Å²) in [6.45, 7) is -0.000772. The number of rotatable bonds is 3. The van der Waals surface area contributed by atoms with Crippen LogP contribution in [0.3, 0.4) is 0 Å². The second-order valence-electron chi connectivity index (χ2n) is 3.24. The molecule has 1 heterocycles. The van der Waals surface area contributed by atoms with Crippen molar-refractivity contribution >= 4 is 17.3 Å². The second-order valence-corrected chi connectivity index (χ2v) is 3.63. The van der Waals surface area contributed by atoms with Crippen LogP contribution in [0.1, 0.15) is 18.4 Å². The van der Waals surface area contributed by atoms with Crippen molar-refractivity contribution in [1.29, 1.82) is 0 Å². The number of hydrogen-bond acceptors (Lipinski definition) is 3. The van der Waals surface area contributed by atoms with Crippen molar-refractivity contribution < 1.29 is 5.11 Å². The summed E-state index contributed by atoms with van der Waals surface area (Å²) in [7, 11) is 0. The first-order chi connectivity index (χ1) is 6.29. The minimum Gasteiger partial charge on any atom is -0.392 e. The van der Waals surface area contributed by atoms with Crippen LogP contribution in [-0.2, 0) is 6.61 Å². The molecule has 1 aromatic rings. The molecule has 0 aliphatic heterocycles. The van der Waals surface area contributed by atoms with E-state index < -0.39 is 0 Å². The predicted molar refractivity (Wildman–Crippen MR) is 51.8 cm³/mol. The van der Waals surface area contributed by atoms with Crippen LogP contribution in [0.2, 0.25) is 5.15 Å². The zero-order valence-corrected chi connectivity index (χ0v) is 7.88. The number of aromatic nitrogens is 1. The van der Waals surface area contributed by atoms with E-state index in [2.05, 4.69) is 10.3 Å². The molecule has 0 bridgehead atoms. The van der Waals surface area contributed by atoms with Crippen LogP contribution in [0, 0.1) is 0 Å². The van der Waals surface area contributed by atoms with Crippen molar-refractivity contribution in [3.05, 3.63) is 23.0 Å². The summed E-state index contributed by atoms with van der Waals surface area (Å²) in [4.78, 5) is 3.90. The van der Waals surface area contributed by atoms with E-state index in [4.69, 9.17) is 16.7 Å². The largest absolute Gasteiger partial charge is 0.392 e. The molecule has 70 valence electrons. The highest BCUT2D eigenvalue weighted by molar-refractivity contribution is 6.29. The first-order valence-electron chi connectivity index (χ1n) is 4.31. The van der Waals surface area contributed by atoms with Gasteiger partial charge in [-0.25, -0.2) is 4.98 Å². The minimum absolute atomic E-state index is 0.000772. The molecule has 0 unspecified atom stereocenters. The molecule has 1 fully saturated rings. The minimum atomic E-state index is -0.000772. The molecule has 1 saturated carbocycles. The number of pyridine rings is 1. The van der Waals surface area contributed by atoms with Gasteiger partial charge in [-0.05, 0) is 18.9 Å². The number of halogens is 1. The maximum Gasteiger partial charge on any atom is 0.131 e. The molecule has 3 nitrogen and oxygen atoms in total. The van der Waals surface area contributed by atoms with E-state index in [1.165, 1.54) is 12.8 Å². The van der Waals surface area contributed by atoms with E-state index in [1.54, 1.807) is 12.3 Å². The van der Waals surface area contributed by atoms with Gasteiger partial charge in [-0.15, -0.1) is 0 Å². The Balaban J connectivity index is 2.22. The molecule has 0 radical (unpaired) electrons. The van der Waals surface area contributed by atoms with Crippen molar-refractivity contribution in [2.75, 3.05) is 5.32 Å². The fourth-order valence-electron chi connectivity index (χ4n) is 1.17. The molecule has 0 amide bonds. The SMILES string of the molecule is OCc1cnc(Cl)cc1NC1CC1. The summed E-state index contributed by atoms with van der Waals surface area (Å²) in [5, 5.41) is 12.8. The third-order valence-corrected chi connectivity index (χ3v) is 2.27. The highest BCUT2D eigenvalue weighted by Gasteiger charge is 2.21. The van der Waals surface area contributed by atoms with E-state index in [0.29, 0.717) is 11.2 Å². The summed E-state index contributed by atoms with van der Waals surface area (Å²) in [6.07, 6.45) is 4.00. The first kappa shape index (κ1) is 8.78. The Bertz CT molecular complexity index is 312. The Hall–Kier alpha value is -0.800. The molecule has 1 aliphatic rings. The highest BCUT2D eigenvalue weighted by atomic mass is 35.5. The number of nitrogens with one attached hydrogen (secondary N) is 1. The van der Waals surface area contributed by atoms with E-state index in [-0.39, 0.29) is 6.61 Å². The summed E-state index contributed by atoms with van der Waals surface area (Å²) >= 11 is 5.74. The van der Waals surface area contributed by atoms with Crippen molar-refractivity contribution in [3.8, 4) is 0 Å². The molecule has 0 saturated heterocycles. The van der Waals surface area contributed by atoms with Gasteiger partial charge in [0.25, 0.3) is 0 Å². The number of anilines is 1. The summed E-state index contributed by atoms with van der Waals surface area (Å²) in [5.41, 5.74) is 1.71. The van der Waals surface area contributed by atoms with Gasteiger partial charge in [0.2, 0.25) is 0 Å². The summed E-state index contributed by atoms with van der Waals surface area (Å²) in [5.74, 6) is 0. The van der Waals surface area contributed by atoms with Crippen molar-refractivity contribution in [2.45, 2.75) is 25.5 Å². The Labute approximate surface area is 81.8 Å². The normalized spacial score (nSPS) is 15.8. The maximum absolute atomic E-state index is 9.02. The number of nitrogens with zero attached hydrogens (tertiary/aromatic N) is 1. The number of aliphatic hydroxyl groups is 1. The molecule has 2 N–H and O–H groups in total. The molecule has 0 aromatic carbocycles. The smallest absolute Gasteiger partial charge is 0.131 e. The lowest BCUT2D eigenvalue weighted by atomic mass is 10.2. The topological polar surface area (TPSA) is 45.2 Å². The van der Waals surface area contributed by atoms with E-state index in [9.17, 15) is 0 Å². The zero-order valence-electron chi connectivity index (χ0n) is 7.13. The van der Waals surface area contributed by atoms with Crippen LogP contribution in [0.4, 0.5) is 5.69 Å². The van der Waals surface area contributed by atoms with Crippen molar-refractivity contribution in [1.82, 2.24) is 4.98 Å². The quantitative estimate of drug-likeness (QED) is 0.729. The van der Waals surface area contributed by atoms with Gasteiger partial charge >= 0.3 is 0 Å². The molecule has 1 aliphatic carbocycles. The maximum atomic E-state index is 9.02. The average Bonchev–Trinajstić information content (AvgIpc) is 2.89. The summed E-state index contributed by atoms with van der Waals surface area (Å²) < 4.78 is 0. The fourth-order valence-corrected chi connectivity index (χ4v) is 1.32. The van der Waals surface area contributed by atoms with E-state index in [0.717, 1.165) is 11.3 Å². The predicted octanol–water partition coefficient (Wildman–Crippen LogP) is 1.80. The van der Waals surface area contributed by atoms with Crippen LogP contribution < -0.4 is 5.32 Å².